The largest absolute Gasteiger partial charge is 0.386 e. The Balaban J connectivity index is 1.81. The van der Waals surface area contributed by atoms with E-state index in [1.165, 1.54) is 5.56 Å². The molecule has 1 unspecified atom stereocenters. The van der Waals surface area contributed by atoms with Crippen LogP contribution in [-0.4, -0.2) is 79.1 Å². The number of carbonyl (C=O) groups excluding carboxylic acids is 1. The molecule has 2 rings (SSSR count). The van der Waals surface area contributed by atoms with Gasteiger partial charge in [-0.3, -0.25) is 14.7 Å². The van der Waals surface area contributed by atoms with Crippen LogP contribution in [0.5, 0.6) is 0 Å². The Labute approximate surface area is 181 Å². The van der Waals surface area contributed by atoms with E-state index in [4.69, 9.17) is 0 Å². The second kappa shape index (κ2) is 11.3. The molecular weight excluding hydrogens is 378 g/mol. The van der Waals surface area contributed by atoms with Crippen LogP contribution in [0.2, 0.25) is 0 Å². The van der Waals surface area contributed by atoms with Crippen molar-refractivity contribution in [3.63, 3.8) is 0 Å². The minimum absolute atomic E-state index is 0.0997. The van der Waals surface area contributed by atoms with Gasteiger partial charge in [-0.1, -0.05) is 45.0 Å². The maximum atomic E-state index is 11.4. The van der Waals surface area contributed by atoms with Crippen LogP contribution in [0.3, 0.4) is 0 Å². The lowest BCUT2D eigenvalue weighted by Gasteiger charge is -2.34. The highest BCUT2D eigenvalue weighted by Crippen LogP contribution is 2.24. The van der Waals surface area contributed by atoms with Crippen LogP contribution in [-0.2, 0) is 10.2 Å². The molecule has 7 heteroatoms. The molecule has 1 saturated heterocycles. The minimum atomic E-state index is -0.630. The maximum absolute atomic E-state index is 11.4. The van der Waals surface area contributed by atoms with Gasteiger partial charge in [-0.2, -0.15) is 0 Å². The summed E-state index contributed by atoms with van der Waals surface area (Å²) >= 11 is 0. The number of hydrogen-bond donors (Lipinski definition) is 3. The number of hydrogen-bond acceptors (Lipinski definition) is 4. The zero-order valence-corrected chi connectivity index (χ0v) is 19.2. The Morgan fingerprint density at radius 3 is 2.30 bits per heavy atom. The summed E-state index contributed by atoms with van der Waals surface area (Å²) in [5, 5.41) is 17.1. The number of nitrogens with one attached hydrogen (secondary N) is 2. The number of aliphatic hydroxyl groups excluding tert-OH is 1. The van der Waals surface area contributed by atoms with Gasteiger partial charge >= 0.3 is 0 Å². The summed E-state index contributed by atoms with van der Waals surface area (Å²) in [5.41, 5.74) is 2.23. The van der Waals surface area contributed by atoms with Crippen molar-refractivity contribution in [1.29, 1.82) is 0 Å². The van der Waals surface area contributed by atoms with E-state index in [1.807, 2.05) is 24.0 Å². The fourth-order valence-corrected chi connectivity index (χ4v) is 3.45. The van der Waals surface area contributed by atoms with E-state index in [0.29, 0.717) is 12.5 Å². The second-order valence-electron chi connectivity index (χ2n) is 8.88. The molecule has 1 heterocycles. The minimum Gasteiger partial charge on any atom is -0.386 e. The molecule has 3 N–H and O–H groups in total. The van der Waals surface area contributed by atoms with E-state index in [2.05, 4.69) is 53.4 Å². The van der Waals surface area contributed by atoms with Gasteiger partial charge in [0.1, 0.15) is 0 Å². The molecule has 0 aliphatic carbocycles. The van der Waals surface area contributed by atoms with Crippen molar-refractivity contribution in [2.45, 2.75) is 46.1 Å². The molecule has 1 atom stereocenters. The van der Waals surface area contributed by atoms with Crippen LogP contribution in [0.1, 0.15) is 51.8 Å². The predicted octanol–water partition coefficient (Wildman–Crippen LogP) is 1.74. The number of benzene rings is 1. The summed E-state index contributed by atoms with van der Waals surface area (Å²) in [6, 6.07) is 8.14. The number of aliphatic hydroxyl groups is 1. The molecule has 1 amide bonds. The van der Waals surface area contributed by atoms with Gasteiger partial charge in [0.05, 0.1) is 12.6 Å². The van der Waals surface area contributed by atoms with E-state index < -0.39 is 6.10 Å². The Hall–Kier alpha value is -2.12. The SMILES string of the molecule is CCNC(=NCC(O)c1ccc(C(C)(C)C)cc1)NCCN1CCN(C(C)=O)CC1. The number of guanidine groups is 1. The summed E-state index contributed by atoms with van der Waals surface area (Å²) in [7, 11) is 0. The van der Waals surface area contributed by atoms with E-state index >= 15 is 0 Å². The average molecular weight is 418 g/mol. The fourth-order valence-electron chi connectivity index (χ4n) is 3.45. The monoisotopic (exact) mass is 417 g/mol. The number of piperazine rings is 1. The lowest BCUT2D eigenvalue weighted by molar-refractivity contribution is -0.130. The highest BCUT2D eigenvalue weighted by Gasteiger charge is 2.18. The number of nitrogens with zero attached hydrogens (tertiary/aromatic N) is 3. The normalized spacial score (nSPS) is 17.0. The van der Waals surface area contributed by atoms with Gasteiger partial charge in [0.25, 0.3) is 0 Å². The van der Waals surface area contributed by atoms with Gasteiger partial charge in [-0.05, 0) is 23.5 Å². The molecule has 0 bridgehead atoms. The summed E-state index contributed by atoms with van der Waals surface area (Å²) in [5.74, 6) is 0.867. The molecule has 0 saturated carbocycles. The molecule has 0 aromatic heterocycles. The second-order valence-corrected chi connectivity index (χ2v) is 8.88. The lowest BCUT2D eigenvalue weighted by atomic mass is 9.86. The van der Waals surface area contributed by atoms with Gasteiger partial charge in [0.2, 0.25) is 5.91 Å². The average Bonchev–Trinajstić information content (AvgIpc) is 2.71. The summed E-state index contributed by atoms with van der Waals surface area (Å²) in [4.78, 5) is 20.2. The van der Waals surface area contributed by atoms with Crippen molar-refractivity contribution in [2.75, 3.05) is 52.4 Å². The molecule has 0 radical (unpaired) electrons. The van der Waals surface area contributed by atoms with Crippen molar-refractivity contribution in [2.24, 2.45) is 4.99 Å². The molecule has 30 heavy (non-hydrogen) atoms. The molecule has 168 valence electrons. The third kappa shape index (κ3) is 7.61. The molecular formula is C23H39N5O2. The number of carbonyl (C=O) groups is 1. The smallest absolute Gasteiger partial charge is 0.219 e. The lowest BCUT2D eigenvalue weighted by Crippen LogP contribution is -2.50. The molecule has 1 aliphatic heterocycles. The molecule has 1 aromatic carbocycles. The highest BCUT2D eigenvalue weighted by atomic mass is 16.3. The topological polar surface area (TPSA) is 80.2 Å². The molecule has 1 aliphatic rings. The first kappa shape index (κ1) is 24.2. The summed E-state index contributed by atoms with van der Waals surface area (Å²) < 4.78 is 0. The van der Waals surface area contributed by atoms with E-state index in [1.54, 1.807) is 6.92 Å². The zero-order chi connectivity index (χ0) is 22.1. The number of rotatable bonds is 7. The molecule has 1 aromatic rings. The van der Waals surface area contributed by atoms with Crippen LogP contribution in [0.15, 0.2) is 29.3 Å². The van der Waals surface area contributed by atoms with Crippen molar-refractivity contribution >= 4 is 11.9 Å². The van der Waals surface area contributed by atoms with Gasteiger partial charge in [0.15, 0.2) is 5.96 Å². The maximum Gasteiger partial charge on any atom is 0.219 e. The van der Waals surface area contributed by atoms with Crippen LogP contribution >= 0.6 is 0 Å². The van der Waals surface area contributed by atoms with Crippen molar-refractivity contribution < 1.29 is 9.90 Å². The Morgan fingerprint density at radius 2 is 1.77 bits per heavy atom. The molecule has 1 fully saturated rings. The van der Waals surface area contributed by atoms with Crippen LogP contribution < -0.4 is 10.6 Å². The fraction of sp³-hybridized carbons (Fsp3) is 0.652. The zero-order valence-electron chi connectivity index (χ0n) is 19.2. The quantitative estimate of drug-likeness (QED) is 0.465. The van der Waals surface area contributed by atoms with E-state index in [9.17, 15) is 9.90 Å². The Kier molecular flexibility index (Phi) is 9.11. The van der Waals surface area contributed by atoms with E-state index in [-0.39, 0.29) is 11.3 Å². The van der Waals surface area contributed by atoms with Crippen molar-refractivity contribution in [1.82, 2.24) is 20.4 Å². The third-order valence-electron chi connectivity index (χ3n) is 5.47. The third-order valence-corrected chi connectivity index (χ3v) is 5.47. The van der Waals surface area contributed by atoms with Gasteiger partial charge in [-0.15, -0.1) is 0 Å². The Bertz CT molecular complexity index is 689. The predicted molar refractivity (Wildman–Crippen MR) is 123 cm³/mol. The first-order valence-electron chi connectivity index (χ1n) is 11.0. The summed E-state index contributed by atoms with van der Waals surface area (Å²) in [6.07, 6.45) is -0.630. The van der Waals surface area contributed by atoms with Crippen molar-refractivity contribution in [3.8, 4) is 0 Å². The van der Waals surface area contributed by atoms with E-state index in [0.717, 1.165) is 51.4 Å². The van der Waals surface area contributed by atoms with Crippen molar-refractivity contribution in [3.05, 3.63) is 35.4 Å². The van der Waals surface area contributed by atoms with Gasteiger partial charge < -0.3 is 20.6 Å². The number of amides is 1. The first-order valence-corrected chi connectivity index (χ1v) is 11.0. The van der Waals surface area contributed by atoms with Crippen LogP contribution in [0.4, 0.5) is 0 Å². The van der Waals surface area contributed by atoms with Gasteiger partial charge in [0, 0.05) is 52.7 Å². The Morgan fingerprint density at radius 1 is 1.13 bits per heavy atom. The molecule has 7 nitrogen and oxygen atoms in total. The summed E-state index contributed by atoms with van der Waals surface area (Å²) in [6.45, 7) is 16.3. The standard InChI is InChI=1S/C23H39N5O2/c1-6-24-22(25-11-12-27-13-15-28(16-14-27)18(2)29)26-17-21(30)19-7-9-20(10-8-19)23(3,4)5/h7-10,21,30H,6,11-17H2,1-5H3,(H2,24,25,26). The highest BCUT2D eigenvalue weighted by molar-refractivity contribution is 5.79. The van der Waals surface area contributed by atoms with Crippen LogP contribution in [0.25, 0.3) is 0 Å². The number of aliphatic imine (C=N–C) groups is 1. The van der Waals surface area contributed by atoms with Crippen LogP contribution in [0, 0.1) is 0 Å². The first-order chi connectivity index (χ1) is 14.2. The van der Waals surface area contributed by atoms with Gasteiger partial charge in [-0.25, -0.2) is 0 Å². The molecule has 0 spiro atoms.